The number of aromatic amines is 6. The molecule has 6 aromatic carbocycles. The Bertz CT molecular complexity index is 6210. The van der Waals surface area contributed by atoms with E-state index in [-0.39, 0.29) is 29.9 Å². The van der Waals surface area contributed by atoms with Crippen molar-refractivity contribution in [3.8, 4) is 0 Å². The highest BCUT2D eigenvalue weighted by Crippen LogP contribution is 2.40. The summed E-state index contributed by atoms with van der Waals surface area (Å²) in [5.74, 6) is 0. The van der Waals surface area contributed by atoms with Crippen LogP contribution in [0.4, 0.5) is 83.5 Å². The van der Waals surface area contributed by atoms with Gasteiger partial charge in [-0.05, 0) is 171 Å². The Morgan fingerprint density at radius 1 is 0.485 bits per heavy atom. The summed E-state index contributed by atoms with van der Waals surface area (Å²) < 4.78 is 87.1. The van der Waals surface area contributed by atoms with Crippen molar-refractivity contribution < 1.29 is 64.8 Å². The van der Waals surface area contributed by atoms with Crippen LogP contribution >= 0.6 is 0 Å². The average molecular weight is 1800 g/mol. The minimum Gasteiger partial charge on any atom is -0.452 e. The maximum atomic E-state index is 12.6. The molecule has 130 heavy (non-hydrogen) atoms. The van der Waals surface area contributed by atoms with Gasteiger partial charge in [0.25, 0.3) is 0 Å². The number of aliphatic hydroxyl groups excluding tert-OH is 1. The molecule has 4 aliphatic rings. The summed E-state index contributed by atoms with van der Waals surface area (Å²) in [7, 11) is 7.26. The zero-order chi connectivity index (χ0) is 92.3. The molecule has 1 atom stereocenters. The summed E-state index contributed by atoms with van der Waals surface area (Å²) >= 11 is 0. The summed E-state index contributed by atoms with van der Waals surface area (Å²) in [6.45, 7) is 14.6. The van der Waals surface area contributed by atoms with Crippen molar-refractivity contribution in [1.29, 1.82) is 0 Å². The van der Waals surface area contributed by atoms with Gasteiger partial charge < -0.3 is 82.7 Å². The van der Waals surface area contributed by atoms with E-state index in [4.69, 9.17) is 18.9 Å². The number of sulfonamides is 1. The van der Waals surface area contributed by atoms with Gasteiger partial charge in [-0.2, -0.15) is 13.2 Å². The number of methoxy groups -OCH3 is 1. The number of nitrogens with zero attached hydrogens (tertiary/aromatic N) is 15. The summed E-state index contributed by atoms with van der Waals surface area (Å²) in [4.78, 5) is 103. The molecule has 9 N–H and O–H groups in total. The number of aromatic nitrogens is 14. The number of anilines is 9. The van der Waals surface area contributed by atoms with Gasteiger partial charge in [-0.15, -0.1) is 0 Å². The monoisotopic (exact) mass is 1800 g/mol. The number of carbonyl (C=O) groups is 4. The van der Waals surface area contributed by atoms with E-state index in [0.717, 1.165) is 192 Å². The highest BCUT2D eigenvalue weighted by molar-refractivity contribution is 7.92. The molecule has 0 saturated carbocycles. The molecule has 12 heterocycles. The van der Waals surface area contributed by atoms with Crippen LogP contribution < -0.4 is 44.3 Å². The summed E-state index contributed by atoms with van der Waals surface area (Å²) in [6, 6.07) is 34.1. The van der Waals surface area contributed by atoms with Gasteiger partial charge >= 0.3 is 30.5 Å². The molecule has 0 radical (unpaired) electrons. The Labute approximate surface area is 750 Å². The molecule has 18 rings (SSSR count). The van der Waals surface area contributed by atoms with Gasteiger partial charge in [0.1, 0.15) is 0 Å². The lowest BCUT2D eigenvalue weighted by Gasteiger charge is -2.22. The van der Waals surface area contributed by atoms with Crippen LogP contribution in [0, 0.1) is 0 Å². The minimum absolute atomic E-state index is 0.127. The molecule has 1 unspecified atom stereocenters. The second-order valence-electron chi connectivity index (χ2n) is 31.8. The van der Waals surface area contributed by atoms with E-state index in [1.54, 1.807) is 102 Å². The van der Waals surface area contributed by atoms with Crippen molar-refractivity contribution in [3.63, 3.8) is 0 Å². The van der Waals surface area contributed by atoms with Crippen molar-refractivity contribution in [1.82, 2.24) is 68.9 Å². The van der Waals surface area contributed by atoms with E-state index in [1.807, 2.05) is 117 Å². The first-order chi connectivity index (χ1) is 62.5. The fraction of sp³-hybridized carbons (Fsp3) is 0.326. The maximum absolute atomic E-state index is 12.6. The highest BCUT2D eigenvalue weighted by atomic mass is 32.2. The highest BCUT2D eigenvalue weighted by Gasteiger charge is 2.40. The van der Waals surface area contributed by atoms with E-state index >= 15 is 0 Å². The maximum Gasteiger partial charge on any atom is 0.418 e. The first kappa shape index (κ1) is 93.1. The Kier molecular flexibility index (Phi) is 30.3. The first-order valence-corrected chi connectivity index (χ1v) is 44.2. The molecular formula is C92H108F3N23O11S. The van der Waals surface area contributed by atoms with Crippen LogP contribution in [-0.4, -0.2) is 193 Å². The van der Waals surface area contributed by atoms with Crippen molar-refractivity contribution in [2.75, 3.05) is 118 Å². The van der Waals surface area contributed by atoms with E-state index < -0.39 is 28.4 Å². The normalized spacial score (nSPS) is 13.0. The predicted molar refractivity (Wildman–Crippen MR) is 494 cm³/mol. The number of aliphatic hydroxyl groups is 1. The third kappa shape index (κ3) is 24.0. The number of benzene rings is 6. The van der Waals surface area contributed by atoms with Crippen LogP contribution in [-0.2, 0) is 108 Å². The SMILES string of the molecule is CC(C)OC(=O)N(C)c1ccc2c(c1)N(Cc1cnc[nH]1)CC2.CCOC(=O)N(C)c1ccc2c(c1)N(Cc1cnc[nH]1)CC2.CCOC(=O)Nc1ccc2c(c1)N(Cc1cnc[nH]1)CC2.COC(=O)N(C)c1ccc2c(c1)c(Cc1cnc[nH]1)cn2C.Cn1cc(Cc2cnc[nH]2)c2cc(NS(C)(=O)=O)ccc21.OC(c1ccc2c(c1)N(Cc1cnc[nH]1)CC2)C(F)(F)F. The minimum atomic E-state index is -4.65. The van der Waals surface area contributed by atoms with Crippen molar-refractivity contribution in [3.05, 3.63) is 270 Å². The number of amides is 4. The van der Waals surface area contributed by atoms with Crippen molar-refractivity contribution in [2.45, 2.75) is 111 Å². The number of H-pyrrole nitrogens is 6. The molecule has 4 amide bonds. The molecule has 684 valence electrons. The number of hydrogen-bond acceptors (Lipinski definition) is 21. The van der Waals surface area contributed by atoms with Crippen LogP contribution in [0.3, 0.4) is 0 Å². The number of halogens is 3. The second kappa shape index (κ2) is 42.4. The third-order valence-electron chi connectivity index (χ3n) is 22.2. The number of carbonyl (C=O) groups excluding carboxylic acids is 4. The van der Waals surface area contributed by atoms with Gasteiger partial charge in [0, 0.05) is 208 Å². The van der Waals surface area contributed by atoms with Crippen LogP contribution in [0.1, 0.15) is 107 Å². The van der Waals surface area contributed by atoms with E-state index in [9.17, 15) is 45.9 Å². The Hall–Kier alpha value is -14.6. The number of rotatable bonds is 22. The predicted octanol–water partition coefficient (Wildman–Crippen LogP) is 15.2. The number of alkyl halides is 3. The standard InChI is InChI=1S/C17H22N4O2.C16H18N4O2.C16H20N4O2.C15H18N4O2.C14H14F3N3O.C14H16N4O2S/c1-12(2)23-17(22)20(3)15-5-4-13-6-7-21(16(13)8-15)10-14-9-18-11-19-14;1-19-9-11(6-12-8-17-10-18-12)14-7-13(4-5-15(14)19)20(2)16(21)22-3;1-3-22-16(21)19(2)14-5-4-12-6-7-20(15(12)8-14)10-13-9-17-11-18-13;1-2-21-15(20)18-12-4-3-11-5-6-19(14(11)7-12)9-13-8-16-10-17-13;15-14(16,17)13(21)10-2-1-9-3-4-20(12(9)5-10)7-11-6-18-8-19-11;1-18-8-10(5-12-7-15-9-16-12)13-6-11(3-4-14(13)18)17-21(2,19)20/h4-5,8-9,11-12H,6-7,10H2,1-3H3,(H,18,19);4-5,7-10H,6H2,1-3H3,(H,17,18);4-5,8-9,11H,3,6-7,10H2,1-2H3,(H,17,18);3-4,7-8,10H,2,5-6,9H2,1H3,(H,16,17)(H,18,20);1-2,5-6,8,13,21H,3-4,7H2,(H,18,19);3-4,6-9,17H,5H2,1-2H3,(H,15,16). The second-order valence-corrected chi connectivity index (χ2v) is 33.5. The van der Waals surface area contributed by atoms with Crippen LogP contribution in [0.25, 0.3) is 21.8 Å². The van der Waals surface area contributed by atoms with Crippen LogP contribution in [0.15, 0.2) is 197 Å². The molecule has 4 aliphatic heterocycles. The largest absolute Gasteiger partial charge is 0.452 e. The molecule has 8 aromatic heterocycles. The van der Waals surface area contributed by atoms with E-state index in [1.165, 1.54) is 62.7 Å². The molecule has 0 aliphatic carbocycles. The number of imidazole rings is 6. The van der Waals surface area contributed by atoms with Crippen molar-refractivity contribution in [2.24, 2.45) is 14.1 Å². The molecule has 38 heteroatoms. The summed E-state index contributed by atoms with van der Waals surface area (Å²) in [5, 5.41) is 14.3. The quantitative estimate of drug-likeness (QED) is 0.0285. The topological polar surface area (TPSA) is 388 Å². The average Bonchev–Trinajstić information content (AvgIpc) is 1.67. The molecule has 34 nitrogen and oxygen atoms in total. The van der Waals surface area contributed by atoms with Gasteiger partial charge in [-0.25, -0.2) is 57.5 Å². The fourth-order valence-electron chi connectivity index (χ4n) is 15.7. The fourth-order valence-corrected chi connectivity index (χ4v) is 16.3. The van der Waals surface area contributed by atoms with Crippen LogP contribution in [0.2, 0.25) is 0 Å². The summed E-state index contributed by atoms with van der Waals surface area (Å²) in [5.41, 5.74) is 23.5. The lowest BCUT2D eigenvalue weighted by molar-refractivity contribution is -0.206. The zero-order valence-electron chi connectivity index (χ0n) is 74.2. The lowest BCUT2D eigenvalue weighted by atomic mass is 10.0. The lowest BCUT2D eigenvalue weighted by Crippen LogP contribution is -2.29. The number of nitrogens with one attached hydrogen (secondary N) is 8. The number of hydrogen-bond donors (Lipinski definition) is 9. The Morgan fingerprint density at radius 2 is 0.854 bits per heavy atom. The van der Waals surface area contributed by atoms with E-state index in [2.05, 4.69) is 132 Å². The third-order valence-corrected chi connectivity index (χ3v) is 22.8. The van der Waals surface area contributed by atoms with Gasteiger partial charge in [-0.1, -0.05) is 30.3 Å². The van der Waals surface area contributed by atoms with Gasteiger partial charge in [0.15, 0.2) is 6.10 Å². The molecular weight excluding hydrogens is 1690 g/mol. The van der Waals surface area contributed by atoms with Crippen LogP contribution in [0.5, 0.6) is 0 Å². The summed E-state index contributed by atoms with van der Waals surface area (Å²) in [6.07, 6.45) is 22.7. The van der Waals surface area contributed by atoms with Gasteiger partial charge in [0.05, 0.1) is 120 Å². The number of ether oxygens (including phenoxy) is 4. The molecule has 0 saturated heterocycles. The Morgan fingerprint density at radius 3 is 1.26 bits per heavy atom. The van der Waals surface area contributed by atoms with Gasteiger partial charge in [-0.3, -0.25) is 24.7 Å². The first-order valence-electron chi connectivity index (χ1n) is 42.3. The smallest absolute Gasteiger partial charge is 0.418 e. The molecule has 0 bridgehead atoms. The number of aryl methyl sites for hydroxylation is 2. The van der Waals surface area contributed by atoms with Crippen molar-refractivity contribution >= 4 is 107 Å². The molecule has 0 spiro atoms. The van der Waals surface area contributed by atoms with Gasteiger partial charge in [0.2, 0.25) is 10.0 Å². The molecule has 14 aromatic rings. The Balaban J connectivity index is 0.000000133. The zero-order valence-corrected chi connectivity index (χ0v) is 75.0. The number of fused-ring (bicyclic) bond motifs is 6. The molecule has 0 fully saturated rings. The van der Waals surface area contributed by atoms with E-state index in [0.29, 0.717) is 25.4 Å².